The van der Waals surface area contributed by atoms with Crippen LogP contribution in [0.15, 0.2) is 0 Å². The van der Waals surface area contributed by atoms with Gasteiger partial charge in [0.2, 0.25) is 0 Å². The molecule has 0 bridgehead atoms. The van der Waals surface area contributed by atoms with Gasteiger partial charge in [-0.2, -0.15) is 0 Å². The molecule has 0 aromatic heterocycles. The van der Waals surface area contributed by atoms with Crippen molar-refractivity contribution in [3.63, 3.8) is 0 Å². The van der Waals surface area contributed by atoms with Crippen molar-refractivity contribution in [1.29, 1.82) is 0 Å². The van der Waals surface area contributed by atoms with E-state index in [4.69, 9.17) is 0 Å². The molecular weight excluding hydrogens is 210 g/mol. The van der Waals surface area contributed by atoms with Gasteiger partial charge in [-0.15, -0.1) is 0 Å². The minimum atomic E-state index is 0.214. The number of nitrogens with zero attached hydrogens (tertiary/aromatic N) is 1. The average molecular weight is 239 g/mol. The zero-order chi connectivity index (χ0) is 12.8. The Morgan fingerprint density at radius 2 is 1.71 bits per heavy atom. The van der Waals surface area contributed by atoms with Crippen molar-refractivity contribution < 1.29 is 4.79 Å². The lowest BCUT2D eigenvalue weighted by Gasteiger charge is -2.33. The van der Waals surface area contributed by atoms with E-state index >= 15 is 0 Å². The lowest BCUT2D eigenvalue weighted by Crippen LogP contribution is -2.39. The Morgan fingerprint density at radius 1 is 1.18 bits per heavy atom. The minimum Gasteiger partial charge on any atom is -0.303 e. The molecule has 0 aromatic rings. The molecule has 0 aromatic carbocycles. The normalized spacial score (nSPS) is 19.2. The highest BCUT2D eigenvalue weighted by Gasteiger charge is 2.26. The number of carbonyl (C=O) groups excluding carboxylic acids is 1. The van der Waals surface area contributed by atoms with Crippen LogP contribution in [0.2, 0.25) is 0 Å². The van der Waals surface area contributed by atoms with E-state index in [1.807, 2.05) is 13.8 Å². The van der Waals surface area contributed by atoms with Gasteiger partial charge in [0, 0.05) is 18.4 Å². The van der Waals surface area contributed by atoms with Crippen LogP contribution in [-0.2, 0) is 4.79 Å². The fourth-order valence-electron chi connectivity index (χ4n) is 2.78. The van der Waals surface area contributed by atoms with E-state index < -0.39 is 0 Å². The van der Waals surface area contributed by atoms with Crippen LogP contribution >= 0.6 is 0 Å². The summed E-state index contributed by atoms with van der Waals surface area (Å²) in [5, 5.41) is 0. The van der Waals surface area contributed by atoms with Gasteiger partial charge in [-0.05, 0) is 31.8 Å². The van der Waals surface area contributed by atoms with Gasteiger partial charge in [-0.3, -0.25) is 4.79 Å². The van der Waals surface area contributed by atoms with Crippen LogP contribution in [0.5, 0.6) is 0 Å². The quantitative estimate of drug-likeness (QED) is 0.708. The Bertz CT molecular complexity index is 225. The van der Waals surface area contributed by atoms with Crippen molar-refractivity contribution in [2.45, 2.75) is 53.4 Å². The zero-order valence-electron chi connectivity index (χ0n) is 12.0. The fraction of sp³-hybridized carbons (Fsp3) is 0.933. The van der Waals surface area contributed by atoms with E-state index in [1.54, 1.807) is 0 Å². The summed E-state index contributed by atoms with van der Waals surface area (Å²) < 4.78 is 0. The molecular formula is C15H29NO. The molecule has 100 valence electrons. The summed E-state index contributed by atoms with van der Waals surface area (Å²) in [6.45, 7) is 12.1. The van der Waals surface area contributed by atoms with Crippen molar-refractivity contribution in [3.05, 3.63) is 0 Å². The van der Waals surface area contributed by atoms with Gasteiger partial charge in [0.05, 0.1) is 0 Å². The maximum absolute atomic E-state index is 11.9. The summed E-state index contributed by atoms with van der Waals surface area (Å²) in [4.78, 5) is 14.5. The molecule has 0 N–H and O–H groups in total. The number of ketones is 1. The minimum absolute atomic E-state index is 0.214. The summed E-state index contributed by atoms with van der Waals surface area (Å²) in [5.41, 5.74) is 0. The third-order valence-corrected chi connectivity index (χ3v) is 4.23. The smallest absolute Gasteiger partial charge is 0.138 e. The zero-order valence-corrected chi connectivity index (χ0v) is 12.0. The van der Waals surface area contributed by atoms with Crippen LogP contribution < -0.4 is 0 Å². The predicted octanol–water partition coefficient (Wildman–Crippen LogP) is 3.36. The first-order chi connectivity index (χ1) is 8.08. The van der Waals surface area contributed by atoms with Crippen LogP contribution in [0, 0.1) is 17.8 Å². The number of Topliss-reactive ketones (excluding diaryl/α,β-unsaturated/α-hetero) is 1. The van der Waals surface area contributed by atoms with Crippen molar-refractivity contribution in [2.24, 2.45) is 17.8 Å². The Labute approximate surface area is 107 Å². The van der Waals surface area contributed by atoms with Crippen LogP contribution in [0.1, 0.15) is 53.4 Å². The van der Waals surface area contributed by atoms with Gasteiger partial charge in [-0.25, -0.2) is 0 Å². The van der Waals surface area contributed by atoms with Gasteiger partial charge < -0.3 is 4.90 Å². The molecule has 0 atom stereocenters. The molecule has 0 aliphatic carbocycles. The number of rotatable bonds is 6. The first kappa shape index (κ1) is 14.7. The molecule has 1 rings (SSSR count). The van der Waals surface area contributed by atoms with Gasteiger partial charge in [-0.1, -0.05) is 40.5 Å². The first-order valence-electron chi connectivity index (χ1n) is 7.34. The molecule has 1 heterocycles. The van der Waals surface area contributed by atoms with Crippen LogP contribution in [0.3, 0.4) is 0 Å². The molecule has 0 spiro atoms. The summed E-state index contributed by atoms with van der Waals surface area (Å²) in [6, 6.07) is 0. The van der Waals surface area contributed by atoms with Gasteiger partial charge in [0.15, 0.2) is 0 Å². The van der Waals surface area contributed by atoms with Crippen LogP contribution in [0.4, 0.5) is 0 Å². The molecule has 0 radical (unpaired) electrons. The number of hydrogen-bond acceptors (Lipinski definition) is 2. The highest BCUT2D eigenvalue weighted by Crippen LogP contribution is 2.22. The predicted molar refractivity (Wildman–Crippen MR) is 73.1 cm³/mol. The molecule has 1 aliphatic rings. The summed E-state index contributed by atoms with van der Waals surface area (Å²) in [7, 11) is 0. The van der Waals surface area contributed by atoms with Gasteiger partial charge in [0.25, 0.3) is 0 Å². The number of piperidine rings is 1. The van der Waals surface area contributed by atoms with E-state index in [0.29, 0.717) is 11.7 Å². The summed E-state index contributed by atoms with van der Waals surface area (Å²) in [6.07, 6.45) is 4.72. The molecule has 2 nitrogen and oxygen atoms in total. The Morgan fingerprint density at radius 3 is 2.12 bits per heavy atom. The maximum atomic E-state index is 11.9. The first-order valence-corrected chi connectivity index (χ1v) is 7.34. The monoisotopic (exact) mass is 239 g/mol. The summed E-state index contributed by atoms with van der Waals surface area (Å²) in [5.74, 6) is 1.87. The standard InChI is InChI=1S/C15H29NO/c1-5-13(6-2)11-16-9-7-14(8-10-16)15(17)12(3)4/h12-14H,5-11H2,1-4H3. The van der Waals surface area contributed by atoms with Gasteiger partial charge >= 0.3 is 0 Å². The Kier molecular flexibility index (Phi) is 6.18. The highest BCUT2D eigenvalue weighted by molar-refractivity contribution is 5.82. The Hall–Kier alpha value is -0.370. The number of likely N-dealkylation sites (tertiary alicyclic amines) is 1. The second-order valence-electron chi connectivity index (χ2n) is 5.81. The molecule has 0 amide bonds. The van der Waals surface area contributed by atoms with E-state index in [9.17, 15) is 4.79 Å². The van der Waals surface area contributed by atoms with Crippen molar-refractivity contribution >= 4 is 5.78 Å². The molecule has 17 heavy (non-hydrogen) atoms. The number of hydrogen-bond donors (Lipinski definition) is 0. The van der Waals surface area contributed by atoms with Crippen molar-refractivity contribution in [3.8, 4) is 0 Å². The SMILES string of the molecule is CCC(CC)CN1CCC(C(=O)C(C)C)CC1. The third kappa shape index (κ3) is 4.42. The van der Waals surface area contributed by atoms with Crippen molar-refractivity contribution in [2.75, 3.05) is 19.6 Å². The van der Waals surface area contributed by atoms with Crippen LogP contribution in [-0.4, -0.2) is 30.3 Å². The second kappa shape index (κ2) is 7.15. The third-order valence-electron chi connectivity index (χ3n) is 4.23. The second-order valence-corrected chi connectivity index (χ2v) is 5.81. The fourth-order valence-corrected chi connectivity index (χ4v) is 2.78. The van der Waals surface area contributed by atoms with E-state index in [-0.39, 0.29) is 5.92 Å². The van der Waals surface area contributed by atoms with Crippen molar-refractivity contribution in [1.82, 2.24) is 4.90 Å². The molecule has 1 saturated heterocycles. The topological polar surface area (TPSA) is 20.3 Å². The van der Waals surface area contributed by atoms with Gasteiger partial charge in [0.1, 0.15) is 5.78 Å². The molecule has 0 saturated carbocycles. The van der Waals surface area contributed by atoms with E-state index in [0.717, 1.165) is 31.8 Å². The summed E-state index contributed by atoms with van der Waals surface area (Å²) >= 11 is 0. The molecule has 2 heteroatoms. The lowest BCUT2D eigenvalue weighted by molar-refractivity contribution is -0.127. The molecule has 1 aliphatic heterocycles. The maximum Gasteiger partial charge on any atom is 0.138 e. The molecule has 1 fully saturated rings. The van der Waals surface area contributed by atoms with E-state index in [2.05, 4.69) is 18.7 Å². The lowest BCUT2D eigenvalue weighted by atomic mass is 9.87. The van der Waals surface area contributed by atoms with Crippen LogP contribution in [0.25, 0.3) is 0 Å². The Balaban J connectivity index is 2.33. The van der Waals surface area contributed by atoms with E-state index in [1.165, 1.54) is 19.4 Å². The average Bonchev–Trinajstić information content (AvgIpc) is 2.35. The highest BCUT2D eigenvalue weighted by atomic mass is 16.1. The largest absolute Gasteiger partial charge is 0.303 e. The molecule has 0 unspecified atom stereocenters. The number of carbonyl (C=O) groups is 1.